The molecule has 0 aliphatic rings. The first kappa shape index (κ1) is 16.8. The van der Waals surface area contributed by atoms with E-state index in [4.69, 9.17) is 4.74 Å². The third kappa shape index (κ3) is 4.07. The normalized spacial score (nSPS) is 10.6. The van der Waals surface area contributed by atoms with Gasteiger partial charge in [0.2, 0.25) is 5.91 Å². The quantitative estimate of drug-likeness (QED) is 0.649. The first-order valence-corrected chi connectivity index (χ1v) is 8.16. The van der Waals surface area contributed by atoms with Crippen LogP contribution in [-0.2, 0) is 11.3 Å². The number of rotatable bonds is 7. The molecule has 0 saturated heterocycles. The second-order valence-electron chi connectivity index (χ2n) is 5.79. The van der Waals surface area contributed by atoms with Crippen molar-refractivity contribution in [3.8, 4) is 5.75 Å². The molecule has 1 aromatic heterocycles. The summed E-state index contributed by atoms with van der Waals surface area (Å²) in [5.74, 6) is 0.519. The summed E-state index contributed by atoms with van der Waals surface area (Å²) in [6.07, 6.45) is 2.26. The van der Waals surface area contributed by atoms with Crippen molar-refractivity contribution in [2.75, 3.05) is 7.11 Å². The summed E-state index contributed by atoms with van der Waals surface area (Å²) in [6.45, 7) is 0.444. The maximum absolute atomic E-state index is 12.1. The zero-order chi connectivity index (χ0) is 17.6. The molecule has 0 unspecified atom stereocenters. The minimum absolute atomic E-state index is 0.0510. The Labute approximate surface area is 146 Å². The molecule has 0 radical (unpaired) electrons. The smallest absolute Gasteiger partial charge is 0.220 e. The van der Waals surface area contributed by atoms with E-state index in [1.807, 2.05) is 30.5 Å². The number of hydrogen-bond acceptors (Lipinski definition) is 3. The van der Waals surface area contributed by atoms with E-state index in [0.717, 1.165) is 16.5 Å². The SMILES string of the molecule is COc1ccc(C(=O)CCC(=O)NCc2c[nH]c3ccccc23)cc1. The van der Waals surface area contributed by atoms with E-state index in [-0.39, 0.29) is 24.5 Å². The van der Waals surface area contributed by atoms with Gasteiger partial charge in [-0.15, -0.1) is 0 Å². The van der Waals surface area contributed by atoms with Crippen LogP contribution in [-0.4, -0.2) is 23.8 Å². The van der Waals surface area contributed by atoms with Gasteiger partial charge in [0, 0.05) is 42.0 Å². The Balaban J connectivity index is 1.50. The number of fused-ring (bicyclic) bond motifs is 1. The van der Waals surface area contributed by atoms with Crippen LogP contribution < -0.4 is 10.1 Å². The number of carbonyl (C=O) groups excluding carboxylic acids is 2. The lowest BCUT2D eigenvalue weighted by Gasteiger charge is -2.05. The fraction of sp³-hybridized carbons (Fsp3) is 0.200. The van der Waals surface area contributed by atoms with Crippen LogP contribution in [0.25, 0.3) is 10.9 Å². The highest BCUT2D eigenvalue weighted by molar-refractivity contribution is 5.98. The number of ether oxygens (including phenoxy) is 1. The van der Waals surface area contributed by atoms with Crippen molar-refractivity contribution in [1.82, 2.24) is 10.3 Å². The molecule has 0 fully saturated rings. The molecule has 1 amide bonds. The van der Waals surface area contributed by atoms with Gasteiger partial charge in [-0.1, -0.05) is 18.2 Å². The zero-order valence-corrected chi connectivity index (χ0v) is 14.0. The highest BCUT2D eigenvalue weighted by atomic mass is 16.5. The number of ketones is 1. The molecular weight excluding hydrogens is 316 g/mol. The Kier molecular flexibility index (Phi) is 5.14. The van der Waals surface area contributed by atoms with E-state index in [0.29, 0.717) is 17.9 Å². The molecule has 0 aliphatic carbocycles. The summed E-state index contributed by atoms with van der Waals surface area (Å²) in [5.41, 5.74) is 2.66. The second-order valence-corrected chi connectivity index (χ2v) is 5.79. The van der Waals surface area contributed by atoms with Gasteiger partial charge in [-0.05, 0) is 35.9 Å². The Bertz CT molecular complexity index is 881. The van der Waals surface area contributed by atoms with Gasteiger partial charge < -0.3 is 15.0 Å². The van der Waals surface area contributed by atoms with Gasteiger partial charge >= 0.3 is 0 Å². The molecule has 3 aromatic rings. The van der Waals surface area contributed by atoms with Crippen molar-refractivity contribution in [2.24, 2.45) is 0 Å². The maximum Gasteiger partial charge on any atom is 0.220 e. The summed E-state index contributed by atoms with van der Waals surface area (Å²) >= 11 is 0. The number of aromatic nitrogens is 1. The van der Waals surface area contributed by atoms with Crippen LogP contribution in [0.4, 0.5) is 0 Å². The molecule has 0 atom stereocenters. The summed E-state index contributed by atoms with van der Waals surface area (Å²) in [6, 6.07) is 14.8. The Morgan fingerprint density at radius 1 is 1.04 bits per heavy atom. The number of para-hydroxylation sites is 1. The van der Waals surface area contributed by atoms with E-state index < -0.39 is 0 Å². The first-order chi connectivity index (χ1) is 12.2. The number of Topliss-reactive ketones (excluding diaryl/α,β-unsaturated/α-hetero) is 1. The topological polar surface area (TPSA) is 71.2 Å². The lowest BCUT2D eigenvalue weighted by Crippen LogP contribution is -2.23. The zero-order valence-electron chi connectivity index (χ0n) is 14.0. The lowest BCUT2D eigenvalue weighted by molar-refractivity contribution is -0.121. The molecular formula is C20H20N2O3. The predicted molar refractivity (Wildman–Crippen MR) is 96.7 cm³/mol. The van der Waals surface area contributed by atoms with E-state index in [2.05, 4.69) is 10.3 Å². The van der Waals surface area contributed by atoms with E-state index in [1.54, 1.807) is 31.4 Å². The summed E-state index contributed by atoms with van der Waals surface area (Å²) in [4.78, 5) is 27.3. The van der Waals surface area contributed by atoms with Gasteiger partial charge in [-0.2, -0.15) is 0 Å². The maximum atomic E-state index is 12.1. The molecule has 25 heavy (non-hydrogen) atoms. The number of H-pyrrole nitrogens is 1. The average molecular weight is 336 g/mol. The molecule has 2 N–H and O–H groups in total. The number of hydrogen-bond donors (Lipinski definition) is 2. The van der Waals surface area contributed by atoms with Gasteiger partial charge in [-0.3, -0.25) is 9.59 Å². The van der Waals surface area contributed by atoms with Gasteiger partial charge in [0.05, 0.1) is 7.11 Å². The molecule has 2 aromatic carbocycles. The van der Waals surface area contributed by atoms with Crippen molar-refractivity contribution < 1.29 is 14.3 Å². The minimum Gasteiger partial charge on any atom is -0.497 e. The Morgan fingerprint density at radius 2 is 1.80 bits per heavy atom. The lowest BCUT2D eigenvalue weighted by atomic mass is 10.1. The second kappa shape index (κ2) is 7.66. The third-order valence-electron chi connectivity index (χ3n) is 4.14. The monoisotopic (exact) mass is 336 g/mol. The molecule has 0 saturated carbocycles. The highest BCUT2D eigenvalue weighted by Crippen LogP contribution is 2.17. The number of carbonyl (C=O) groups is 2. The summed E-state index contributed by atoms with van der Waals surface area (Å²) in [5, 5.41) is 3.97. The number of benzene rings is 2. The molecule has 0 spiro atoms. The fourth-order valence-electron chi connectivity index (χ4n) is 2.71. The molecule has 5 nitrogen and oxygen atoms in total. The summed E-state index contributed by atoms with van der Waals surface area (Å²) in [7, 11) is 1.58. The van der Waals surface area contributed by atoms with Crippen molar-refractivity contribution >= 4 is 22.6 Å². The third-order valence-corrected chi connectivity index (χ3v) is 4.14. The van der Waals surface area contributed by atoms with Crippen LogP contribution in [0.2, 0.25) is 0 Å². The molecule has 128 valence electrons. The first-order valence-electron chi connectivity index (χ1n) is 8.16. The average Bonchev–Trinajstić information content (AvgIpc) is 3.07. The summed E-state index contributed by atoms with van der Waals surface area (Å²) < 4.78 is 5.07. The van der Waals surface area contributed by atoms with Crippen LogP contribution in [0, 0.1) is 0 Å². The van der Waals surface area contributed by atoms with E-state index >= 15 is 0 Å². The minimum atomic E-state index is -0.132. The van der Waals surface area contributed by atoms with Crippen molar-refractivity contribution in [3.63, 3.8) is 0 Å². The molecule has 1 heterocycles. The number of methoxy groups -OCH3 is 1. The Hall–Kier alpha value is -3.08. The van der Waals surface area contributed by atoms with Gasteiger partial charge in [0.1, 0.15) is 5.75 Å². The van der Waals surface area contributed by atoms with E-state index in [9.17, 15) is 9.59 Å². The van der Waals surface area contributed by atoms with Crippen LogP contribution in [0.3, 0.4) is 0 Å². The fourth-order valence-corrected chi connectivity index (χ4v) is 2.71. The van der Waals surface area contributed by atoms with Crippen molar-refractivity contribution in [1.29, 1.82) is 0 Å². The molecule has 3 rings (SSSR count). The highest BCUT2D eigenvalue weighted by Gasteiger charge is 2.10. The van der Waals surface area contributed by atoms with E-state index in [1.165, 1.54) is 0 Å². The van der Waals surface area contributed by atoms with Crippen molar-refractivity contribution in [3.05, 3.63) is 65.9 Å². The largest absolute Gasteiger partial charge is 0.497 e. The van der Waals surface area contributed by atoms with Gasteiger partial charge in [0.15, 0.2) is 5.78 Å². The predicted octanol–water partition coefficient (Wildman–Crippen LogP) is 3.46. The molecule has 0 bridgehead atoms. The molecule has 0 aliphatic heterocycles. The van der Waals surface area contributed by atoms with Crippen LogP contribution in [0.5, 0.6) is 5.75 Å². The number of amides is 1. The van der Waals surface area contributed by atoms with Crippen molar-refractivity contribution in [2.45, 2.75) is 19.4 Å². The standard InChI is InChI=1S/C20H20N2O3/c1-25-16-8-6-14(7-9-16)19(23)10-11-20(24)22-13-15-12-21-18-5-3-2-4-17(15)18/h2-9,12,21H,10-11,13H2,1H3,(H,22,24). The van der Waals surface area contributed by atoms with Crippen LogP contribution in [0.1, 0.15) is 28.8 Å². The van der Waals surface area contributed by atoms with Crippen LogP contribution >= 0.6 is 0 Å². The van der Waals surface area contributed by atoms with Gasteiger partial charge in [-0.25, -0.2) is 0 Å². The molecule has 5 heteroatoms. The Morgan fingerprint density at radius 3 is 2.56 bits per heavy atom. The van der Waals surface area contributed by atoms with Crippen LogP contribution in [0.15, 0.2) is 54.7 Å². The van der Waals surface area contributed by atoms with Gasteiger partial charge in [0.25, 0.3) is 0 Å². The number of nitrogens with one attached hydrogen (secondary N) is 2. The number of aromatic amines is 1.